The second-order valence-corrected chi connectivity index (χ2v) is 6.81. The van der Waals surface area contributed by atoms with Crippen molar-refractivity contribution >= 4 is 0 Å². The van der Waals surface area contributed by atoms with Gasteiger partial charge in [0.25, 0.3) is 0 Å². The SMILES string of the molecule is CC1C=CC(O)C2(CCCC(C)(C)C2C)C1. The molecule has 0 bridgehead atoms. The first kappa shape index (κ1) is 12.2. The van der Waals surface area contributed by atoms with E-state index in [0.29, 0.717) is 17.3 Å². The normalized spacial score (nSPS) is 47.2. The van der Waals surface area contributed by atoms with Crippen LogP contribution in [0.2, 0.25) is 0 Å². The van der Waals surface area contributed by atoms with Gasteiger partial charge in [0.1, 0.15) is 0 Å². The molecule has 1 heteroatoms. The van der Waals surface area contributed by atoms with Gasteiger partial charge in [0.15, 0.2) is 0 Å². The van der Waals surface area contributed by atoms with Crippen LogP contribution in [0, 0.1) is 22.7 Å². The molecule has 4 unspecified atom stereocenters. The molecular weight excluding hydrogens is 196 g/mol. The molecule has 4 atom stereocenters. The molecule has 1 spiro atoms. The fourth-order valence-electron chi connectivity index (χ4n) is 4.04. The Hall–Kier alpha value is -0.300. The zero-order chi connectivity index (χ0) is 12.0. The van der Waals surface area contributed by atoms with E-state index in [1.807, 2.05) is 6.08 Å². The van der Waals surface area contributed by atoms with Crippen LogP contribution in [0.5, 0.6) is 0 Å². The minimum Gasteiger partial charge on any atom is -0.388 e. The highest BCUT2D eigenvalue weighted by Crippen LogP contribution is 2.56. The first-order valence-corrected chi connectivity index (χ1v) is 6.75. The predicted molar refractivity (Wildman–Crippen MR) is 68.2 cm³/mol. The van der Waals surface area contributed by atoms with E-state index in [0.717, 1.165) is 6.42 Å². The van der Waals surface area contributed by atoms with E-state index < -0.39 is 0 Å². The van der Waals surface area contributed by atoms with Crippen LogP contribution in [0.4, 0.5) is 0 Å². The number of hydrogen-bond acceptors (Lipinski definition) is 1. The van der Waals surface area contributed by atoms with Crippen LogP contribution in [-0.4, -0.2) is 11.2 Å². The summed E-state index contributed by atoms with van der Waals surface area (Å²) in [6, 6.07) is 0. The van der Waals surface area contributed by atoms with Crippen molar-refractivity contribution in [3.8, 4) is 0 Å². The zero-order valence-corrected chi connectivity index (χ0v) is 11.2. The molecule has 1 saturated carbocycles. The Morgan fingerprint density at radius 3 is 2.50 bits per heavy atom. The van der Waals surface area contributed by atoms with Crippen LogP contribution in [-0.2, 0) is 0 Å². The van der Waals surface area contributed by atoms with Crippen molar-refractivity contribution in [3.05, 3.63) is 12.2 Å². The molecule has 1 fully saturated rings. The largest absolute Gasteiger partial charge is 0.388 e. The quantitative estimate of drug-likeness (QED) is 0.618. The minimum absolute atomic E-state index is 0.149. The Bertz CT molecular complexity index is 292. The third-order valence-electron chi connectivity index (χ3n) is 5.41. The summed E-state index contributed by atoms with van der Waals surface area (Å²) in [5, 5.41) is 10.4. The fourth-order valence-corrected chi connectivity index (χ4v) is 4.04. The highest BCUT2D eigenvalue weighted by Gasteiger charge is 2.51. The smallest absolute Gasteiger partial charge is 0.0780 e. The molecule has 0 radical (unpaired) electrons. The summed E-state index contributed by atoms with van der Waals surface area (Å²) < 4.78 is 0. The van der Waals surface area contributed by atoms with Gasteiger partial charge >= 0.3 is 0 Å². The van der Waals surface area contributed by atoms with Gasteiger partial charge in [-0.15, -0.1) is 0 Å². The maximum absolute atomic E-state index is 10.4. The Morgan fingerprint density at radius 2 is 1.81 bits per heavy atom. The Morgan fingerprint density at radius 1 is 1.12 bits per heavy atom. The van der Waals surface area contributed by atoms with Crippen LogP contribution in [0.1, 0.15) is 53.4 Å². The molecule has 0 aromatic carbocycles. The molecular formula is C15H26O. The molecule has 2 aliphatic carbocycles. The maximum Gasteiger partial charge on any atom is 0.0780 e. The summed E-state index contributed by atoms with van der Waals surface area (Å²) in [4.78, 5) is 0. The van der Waals surface area contributed by atoms with Gasteiger partial charge in [-0.25, -0.2) is 0 Å². The van der Waals surface area contributed by atoms with Gasteiger partial charge in [-0.2, -0.15) is 0 Å². The molecule has 16 heavy (non-hydrogen) atoms. The van der Waals surface area contributed by atoms with Crippen molar-refractivity contribution in [2.24, 2.45) is 22.7 Å². The molecule has 0 amide bonds. The first-order chi connectivity index (χ1) is 7.38. The molecule has 0 aliphatic heterocycles. The number of allylic oxidation sites excluding steroid dienone is 1. The Labute approximate surface area is 99.9 Å². The molecule has 2 aliphatic rings. The number of hydrogen-bond donors (Lipinski definition) is 1. The lowest BCUT2D eigenvalue weighted by molar-refractivity contribution is -0.0856. The Kier molecular flexibility index (Phi) is 2.94. The Balaban J connectivity index is 2.32. The highest BCUT2D eigenvalue weighted by molar-refractivity contribution is 5.12. The van der Waals surface area contributed by atoms with E-state index >= 15 is 0 Å². The summed E-state index contributed by atoms with van der Waals surface area (Å²) in [5.41, 5.74) is 0.528. The molecule has 1 N–H and O–H groups in total. The summed E-state index contributed by atoms with van der Waals surface area (Å²) in [6.45, 7) is 9.37. The average Bonchev–Trinajstić information content (AvgIpc) is 2.20. The maximum atomic E-state index is 10.4. The van der Waals surface area contributed by atoms with E-state index in [4.69, 9.17) is 0 Å². The monoisotopic (exact) mass is 222 g/mol. The van der Waals surface area contributed by atoms with Gasteiger partial charge < -0.3 is 5.11 Å². The third-order valence-corrected chi connectivity index (χ3v) is 5.41. The van der Waals surface area contributed by atoms with E-state index in [1.54, 1.807) is 0 Å². The average molecular weight is 222 g/mol. The summed E-state index contributed by atoms with van der Waals surface area (Å²) in [5.74, 6) is 1.23. The topological polar surface area (TPSA) is 20.2 Å². The van der Waals surface area contributed by atoms with Gasteiger partial charge in [0.2, 0.25) is 0 Å². The van der Waals surface area contributed by atoms with Gasteiger partial charge in [-0.3, -0.25) is 0 Å². The highest BCUT2D eigenvalue weighted by atomic mass is 16.3. The molecule has 0 heterocycles. The van der Waals surface area contributed by atoms with Crippen LogP contribution in [0.25, 0.3) is 0 Å². The number of aliphatic hydroxyl groups is 1. The zero-order valence-electron chi connectivity index (χ0n) is 11.2. The summed E-state index contributed by atoms with van der Waals surface area (Å²) in [6.07, 6.45) is 8.95. The second kappa shape index (κ2) is 3.87. The standard InChI is InChI=1S/C15H26O/c1-11-6-7-13(16)15(10-11)9-5-8-14(3,4)12(15)2/h6-7,11-13,16H,5,8-10H2,1-4H3. The number of rotatable bonds is 0. The lowest BCUT2D eigenvalue weighted by Gasteiger charge is -2.55. The molecule has 0 aromatic rings. The summed E-state index contributed by atoms with van der Waals surface area (Å²) in [7, 11) is 0. The van der Waals surface area contributed by atoms with Gasteiger partial charge in [0, 0.05) is 5.41 Å². The van der Waals surface area contributed by atoms with E-state index in [9.17, 15) is 5.11 Å². The van der Waals surface area contributed by atoms with Crippen molar-refractivity contribution in [2.45, 2.75) is 59.5 Å². The van der Waals surface area contributed by atoms with Crippen LogP contribution < -0.4 is 0 Å². The lowest BCUT2D eigenvalue weighted by atomic mass is 9.51. The van der Waals surface area contributed by atoms with Crippen LogP contribution in [0.3, 0.4) is 0 Å². The van der Waals surface area contributed by atoms with Crippen LogP contribution in [0.15, 0.2) is 12.2 Å². The third kappa shape index (κ3) is 1.73. The van der Waals surface area contributed by atoms with E-state index in [-0.39, 0.29) is 11.5 Å². The fraction of sp³-hybridized carbons (Fsp3) is 0.867. The minimum atomic E-state index is -0.224. The van der Waals surface area contributed by atoms with Crippen molar-refractivity contribution in [1.29, 1.82) is 0 Å². The molecule has 1 nitrogen and oxygen atoms in total. The predicted octanol–water partition coefficient (Wildman–Crippen LogP) is 3.78. The molecule has 0 saturated heterocycles. The van der Waals surface area contributed by atoms with Crippen molar-refractivity contribution in [2.75, 3.05) is 0 Å². The van der Waals surface area contributed by atoms with Crippen molar-refractivity contribution in [1.82, 2.24) is 0 Å². The molecule has 92 valence electrons. The number of aliphatic hydroxyl groups excluding tert-OH is 1. The van der Waals surface area contributed by atoms with Gasteiger partial charge in [0.05, 0.1) is 6.10 Å². The summed E-state index contributed by atoms with van der Waals surface area (Å²) >= 11 is 0. The van der Waals surface area contributed by atoms with Crippen molar-refractivity contribution in [3.63, 3.8) is 0 Å². The first-order valence-electron chi connectivity index (χ1n) is 6.75. The second-order valence-electron chi connectivity index (χ2n) is 6.81. The molecule has 0 aromatic heterocycles. The van der Waals surface area contributed by atoms with E-state index in [1.165, 1.54) is 19.3 Å². The van der Waals surface area contributed by atoms with Gasteiger partial charge in [-0.1, -0.05) is 46.3 Å². The van der Waals surface area contributed by atoms with E-state index in [2.05, 4.69) is 33.8 Å². The lowest BCUT2D eigenvalue weighted by Crippen LogP contribution is -2.50. The van der Waals surface area contributed by atoms with Crippen molar-refractivity contribution < 1.29 is 5.11 Å². The van der Waals surface area contributed by atoms with Gasteiger partial charge in [-0.05, 0) is 36.5 Å². The molecule has 2 rings (SSSR count). The van der Waals surface area contributed by atoms with Crippen LogP contribution >= 0.6 is 0 Å².